The monoisotopic (exact) mass is 416 g/mol. The summed E-state index contributed by atoms with van der Waals surface area (Å²) in [6.45, 7) is 0.210. The predicted octanol–water partition coefficient (Wildman–Crippen LogP) is 3.58. The second-order valence-corrected chi connectivity index (χ2v) is 8.50. The van der Waals surface area contributed by atoms with Gasteiger partial charge in [0.05, 0.1) is 17.7 Å². The molecule has 0 amide bonds. The molecule has 1 heterocycles. The van der Waals surface area contributed by atoms with E-state index in [0.29, 0.717) is 5.13 Å². The SMILES string of the molecule is CN(CCS(=O)(=O)O)c1ccc(C=NNc2nc(-c3ccccc3)cs2)cc1. The molecular formula is C19H20N4O3S2. The van der Waals surface area contributed by atoms with Gasteiger partial charge in [0.1, 0.15) is 0 Å². The van der Waals surface area contributed by atoms with Crippen molar-refractivity contribution < 1.29 is 13.0 Å². The van der Waals surface area contributed by atoms with E-state index < -0.39 is 10.1 Å². The van der Waals surface area contributed by atoms with Crippen LogP contribution in [0.4, 0.5) is 10.8 Å². The van der Waals surface area contributed by atoms with Crippen molar-refractivity contribution in [1.82, 2.24) is 4.98 Å². The van der Waals surface area contributed by atoms with Crippen molar-refractivity contribution in [3.05, 3.63) is 65.5 Å². The third kappa shape index (κ3) is 5.88. The molecule has 0 aliphatic heterocycles. The van der Waals surface area contributed by atoms with E-state index in [1.807, 2.05) is 60.0 Å². The van der Waals surface area contributed by atoms with Crippen LogP contribution in [0.1, 0.15) is 5.56 Å². The van der Waals surface area contributed by atoms with Gasteiger partial charge in [-0.25, -0.2) is 4.98 Å². The highest BCUT2D eigenvalue weighted by molar-refractivity contribution is 7.85. The first-order chi connectivity index (χ1) is 13.4. The lowest BCUT2D eigenvalue weighted by atomic mass is 10.2. The van der Waals surface area contributed by atoms with Crippen LogP contribution in [0, 0.1) is 0 Å². The van der Waals surface area contributed by atoms with Gasteiger partial charge in [0.2, 0.25) is 5.13 Å². The Morgan fingerprint density at radius 3 is 2.57 bits per heavy atom. The van der Waals surface area contributed by atoms with Crippen LogP contribution < -0.4 is 10.3 Å². The number of nitrogens with zero attached hydrogens (tertiary/aromatic N) is 3. The molecule has 0 saturated carbocycles. The number of benzene rings is 2. The van der Waals surface area contributed by atoms with Gasteiger partial charge in [-0.1, -0.05) is 42.5 Å². The first-order valence-electron chi connectivity index (χ1n) is 8.47. The van der Waals surface area contributed by atoms with E-state index >= 15 is 0 Å². The van der Waals surface area contributed by atoms with Crippen LogP contribution in [-0.4, -0.2) is 43.5 Å². The molecule has 0 spiro atoms. The standard InChI is InChI=1S/C19H20N4O3S2/c1-23(11-12-28(24,25)26)17-9-7-15(8-10-17)13-20-22-19-21-18(14-27-19)16-5-3-2-4-6-16/h2-10,13-14H,11-12H2,1H3,(H,21,22)(H,24,25,26). The van der Waals surface area contributed by atoms with Crippen LogP contribution in [-0.2, 0) is 10.1 Å². The van der Waals surface area contributed by atoms with Crippen molar-refractivity contribution in [1.29, 1.82) is 0 Å². The summed E-state index contributed by atoms with van der Waals surface area (Å²) in [5.41, 5.74) is 6.63. The Balaban J connectivity index is 1.56. The molecule has 0 aliphatic carbocycles. The van der Waals surface area contributed by atoms with E-state index in [4.69, 9.17) is 4.55 Å². The predicted molar refractivity (Wildman–Crippen MR) is 115 cm³/mol. The molecule has 0 fully saturated rings. The molecule has 3 aromatic rings. The Morgan fingerprint density at radius 2 is 1.89 bits per heavy atom. The molecule has 0 bridgehead atoms. The Morgan fingerprint density at radius 1 is 1.18 bits per heavy atom. The van der Waals surface area contributed by atoms with E-state index in [1.165, 1.54) is 11.3 Å². The van der Waals surface area contributed by atoms with Crippen molar-refractivity contribution in [2.24, 2.45) is 5.10 Å². The number of hydrogen-bond donors (Lipinski definition) is 2. The number of hydrazone groups is 1. The lowest BCUT2D eigenvalue weighted by Gasteiger charge is -2.18. The lowest BCUT2D eigenvalue weighted by molar-refractivity contribution is 0.483. The fourth-order valence-corrected chi connectivity index (χ4v) is 3.60. The van der Waals surface area contributed by atoms with Gasteiger partial charge < -0.3 is 4.90 Å². The minimum Gasteiger partial charge on any atom is -0.373 e. The van der Waals surface area contributed by atoms with Crippen LogP contribution in [0.25, 0.3) is 11.3 Å². The molecule has 2 N–H and O–H groups in total. The zero-order valence-electron chi connectivity index (χ0n) is 15.2. The van der Waals surface area contributed by atoms with Crippen molar-refractivity contribution in [2.45, 2.75) is 0 Å². The topological polar surface area (TPSA) is 94.9 Å². The molecule has 0 unspecified atom stereocenters. The smallest absolute Gasteiger partial charge is 0.266 e. The highest BCUT2D eigenvalue weighted by Crippen LogP contribution is 2.24. The molecule has 0 radical (unpaired) electrons. The van der Waals surface area contributed by atoms with Gasteiger partial charge in [-0.15, -0.1) is 11.3 Å². The average Bonchev–Trinajstić information content (AvgIpc) is 3.16. The Kier molecular flexibility index (Phi) is 6.40. The van der Waals surface area contributed by atoms with Gasteiger partial charge in [0.25, 0.3) is 10.1 Å². The summed E-state index contributed by atoms with van der Waals surface area (Å²) in [4.78, 5) is 6.26. The number of nitrogens with one attached hydrogen (secondary N) is 1. The van der Waals surface area contributed by atoms with Gasteiger partial charge in [0, 0.05) is 30.2 Å². The number of hydrogen-bond acceptors (Lipinski definition) is 7. The van der Waals surface area contributed by atoms with Crippen LogP contribution in [0.5, 0.6) is 0 Å². The van der Waals surface area contributed by atoms with Gasteiger partial charge >= 0.3 is 0 Å². The Hall–Kier alpha value is -2.75. The highest BCUT2D eigenvalue weighted by Gasteiger charge is 2.08. The maximum absolute atomic E-state index is 10.8. The van der Waals surface area contributed by atoms with E-state index in [2.05, 4.69) is 15.5 Å². The summed E-state index contributed by atoms with van der Waals surface area (Å²) in [6, 6.07) is 17.4. The summed E-state index contributed by atoms with van der Waals surface area (Å²) in [7, 11) is -2.20. The summed E-state index contributed by atoms with van der Waals surface area (Å²) in [6.07, 6.45) is 1.69. The minimum absolute atomic E-state index is 0.210. The normalized spacial score (nSPS) is 11.6. The van der Waals surface area contributed by atoms with Crippen LogP contribution in [0.2, 0.25) is 0 Å². The second kappa shape index (κ2) is 8.96. The largest absolute Gasteiger partial charge is 0.373 e. The molecular weight excluding hydrogens is 396 g/mol. The lowest BCUT2D eigenvalue weighted by Crippen LogP contribution is -2.24. The molecule has 9 heteroatoms. The van der Waals surface area contributed by atoms with Crippen molar-refractivity contribution in [3.63, 3.8) is 0 Å². The molecule has 3 rings (SSSR count). The zero-order valence-corrected chi connectivity index (χ0v) is 16.8. The maximum atomic E-state index is 10.8. The molecule has 0 atom stereocenters. The van der Waals surface area contributed by atoms with Crippen LogP contribution >= 0.6 is 11.3 Å². The maximum Gasteiger partial charge on any atom is 0.266 e. The number of thiazole rings is 1. The van der Waals surface area contributed by atoms with E-state index in [0.717, 1.165) is 22.5 Å². The highest BCUT2D eigenvalue weighted by atomic mass is 32.2. The summed E-state index contributed by atoms with van der Waals surface area (Å²) < 4.78 is 30.5. The fourth-order valence-electron chi connectivity index (χ4n) is 2.42. The molecule has 0 aliphatic rings. The minimum atomic E-state index is -3.97. The Labute approximate surface area is 168 Å². The second-order valence-electron chi connectivity index (χ2n) is 6.07. The quantitative estimate of drug-likeness (QED) is 0.331. The first kappa shape index (κ1) is 20.0. The number of rotatable bonds is 8. The van der Waals surface area contributed by atoms with Crippen molar-refractivity contribution in [2.75, 3.05) is 29.7 Å². The first-order valence-corrected chi connectivity index (χ1v) is 11.0. The molecule has 2 aromatic carbocycles. The van der Waals surface area contributed by atoms with Crippen molar-refractivity contribution in [3.8, 4) is 11.3 Å². The van der Waals surface area contributed by atoms with Crippen molar-refractivity contribution >= 4 is 38.5 Å². The number of anilines is 2. The zero-order chi connectivity index (χ0) is 20.0. The third-order valence-electron chi connectivity index (χ3n) is 3.97. The number of aromatic nitrogens is 1. The summed E-state index contributed by atoms with van der Waals surface area (Å²) >= 11 is 1.48. The average molecular weight is 417 g/mol. The van der Waals surface area contributed by atoms with Crippen LogP contribution in [0.3, 0.4) is 0 Å². The van der Waals surface area contributed by atoms with E-state index in [1.54, 1.807) is 18.2 Å². The molecule has 146 valence electrons. The summed E-state index contributed by atoms with van der Waals surface area (Å²) in [5, 5.41) is 6.89. The van der Waals surface area contributed by atoms with Crippen LogP contribution in [0.15, 0.2) is 65.1 Å². The summed E-state index contributed by atoms with van der Waals surface area (Å²) in [5.74, 6) is -0.310. The van der Waals surface area contributed by atoms with E-state index in [-0.39, 0.29) is 12.3 Å². The molecule has 0 saturated heterocycles. The Bertz CT molecular complexity index is 1030. The molecule has 28 heavy (non-hydrogen) atoms. The molecule has 1 aromatic heterocycles. The third-order valence-corrected chi connectivity index (χ3v) is 5.41. The fraction of sp³-hybridized carbons (Fsp3) is 0.158. The van der Waals surface area contributed by atoms with Gasteiger partial charge in [-0.2, -0.15) is 13.5 Å². The van der Waals surface area contributed by atoms with Gasteiger partial charge in [-0.3, -0.25) is 9.98 Å². The van der Waals surface area contributed by atoms with Gasteiger partial charge in [0.15, 0.2) is 0 Å². The van der Waals surface area contributed by atoms with E-state index in [9.17, 15) is 8.42 Å². The molecule has 7 nitrogen and oxygen atoms in total. The van der Waals surface area contributed by atoms with Gasteiger partial charge in [-0.05, 0) is 17.7 Å².